The average molecular weight is 1430 g/mol. The summed E-state index contributed by atoms with van der Waals surface area (Å²) in [5.74, 6) is 8.10. The molecule has 6 heterocycles. The van der Waals surface area contributed by atoms with Crippen molar-refractivity contribution in [3.8, 4) is 24.2 Å². The van der Waals surface area contributed by atoms with Crippen molar-refractivity contribution in [2.24, 2.45) is 42.3 Å². The van der Waals surface area contributed by atoms with E-state index in [9.17, 15) is 28.8 Å². The summed E-state index contributed by atoms with van der Waals surface area (Å²) >= 11 is 18.5. The topological polar surface area (TPSA) is 132 Å². The molecule has 12 rings (SSSR count). The van der Waals surface area contributed by atoms with E-state index in [4.69, 9.17) is 23.2 Å². The van der Waals surface area contributed by atoms with Crippen molar-refractivity contribution in [2.45, 2.75) is 69.2 Å². The van der Waals surface area contributed by atoms with E-state index < -0.39 is 0 Å². The zero-order valence-electron chi connectivity index (χ0n) is 56.0. The average Bonchev–Trinajstić information content (AvgIpc) is 0.918. The lowest BCUT2D eigenvalue weighted by molar-refractivity contribution is 0.830. The summed E-state index contributed by atoms with van der Waals surface area (Å²) in [6, 6.07) is 45.6. The summed E-state index contributed by atoms with van der Waals surface area (Å²) in [5.41, 5.74) is 8.12. The minimum atomic E-state index is 0.0247. The molecule has 6 aromatic carbocycles. The highest BCUT2D eigenvalue weighted by molar-refractivity contribution is 9.10. The van der Waals surface area contributed by atoms with E-state index in [1.165, 1.54) is 0 Å². The standard InChI is InChI=1S/C14H15NO.C14H13NO.2C11H10BrNO.2C11H10ClNO.C3H6.C3H4/c2*1-4-5-11-6-7-13-12(9-11)8-10(2)15(3)14(13)16;4*1-7-5-8-6-9(12)3-4-10(8)11(14)13(7)2;2*1-3-2/h4-9H,1-3H3;6-9H,1-3H3;4*3-6H,1-2H3;3H,1H2,2H3;1H,2H3/b5-4+;;;;;;;. The summed E-state index contributed by atoms with van der Waals surface area (Å²) in [7, 11) is 10.7. The van der Waals surface area contributed by atoms with Gasteiger partial charge in [-0.25, -0.2) is 0 Å². The van der Waals surface area contributed by atoms with Gasteiger partial charge < -0.3 is 27.4 Å². The first kappa shape index (κ1) is 75.4. The first-order valence-electron chi connectivity index (χ1n) is 29.7. The predicted octanol–water partition coefficient (Wildman–Crippen LogP) is 17.1. The zero-order valence-corrected chi connectivity index (χ0v) is 60.7. The molecule has 0 spiro atoms. The molecule has 12 aromatic rings. The van der Waals surface area contributed by atoms with Gasteiger partial charge in [-0.2, -0.15) is 0 Å². The minimum absolute atomic E-state index is 0.0247. The molecule has 0 bridgehead atoms. The number of terminal acetylenes is 1. The second-order valence-corrected chi connectivity index (χ2v) is 24.8. The van der Waals surface area contributed by atoms with Crippen molar-refractivity contribution in [2.75, 3.05) is 0 Å². The van der Waals surface area contributed by atoms with Crippen LogP contribution in [0, 0.1) is 65.7 Å². The fourth-order valence-corrected chi connectivity index (χ4v) is 10.8. The number of halogens is 4. The van der Waals surface area contributed by atoms with Crippen LogP contribution in [0.15, 0.2) is 202 Å². The van der Waals surface area contributed by atoms with Gasteiger partial charge in [-0.3, -0.25) is 28.8 Å². The predicted molar refractivity (Wildman–Crippen MR) is 407 cm³/mol. The van der Waals surface area contributed by atoms with Gasteiger partial charge in [-0.15, -0.1) is 24.8 Å². The third-order valence-electron chi connectivity index (χ3n) is 15.4. The Morgan fingerprint density at radius 3 is 0.926 bits per heavy atom. The van der Waals surface area contributed by atoms with E-state index in [2.05, 4.69) is 62.6 Å². The van der Waals surface area contributed by atoms with E-state index in [-0.39, 0.29) is 33.4 Å². The monoisotopic (exact) mass is 1420 g/mol. The Balaban J connectivity index is 0.000000201. The third-order valence-corrected chi connectivity index (χ3v) is 16.8. The summed E-state index contributed by atoms with van der Waals surface area (Å²) < 4.78 is 11.9. The van der Waals surface area contributed by atoms with Gasteiger partial charge in [0.1, 0.15) is 0 Å². The molecule has 6 aromatic heterocycles. The number of allylic oxidation sites excluding steroid dienone is 2. The van der Waals surface area contributed by atoms with Crippen LogP contribution < -0.4 is 33.4 Å². The Hall–Kier alpha value is -9.28. The van der Waals surface area contributed by atoms with Gasteiger partial charge >= 0.3 is 0 Å². The number of aryl methyl sites for hydroxylation is 6. The fourth-order valence-electron chi connectivity index (χ4n) is 9.66. The van der Waals surface area contributed by atoms with Crippen LogP contribution in [0.5, 0.6) is 0 Å². The smallest absolute Gasteiger partial charge is 0.258 e. The molecule has 12 nitrogen and oxygen atoms in total. The molecule has 0 aliphatic heterocycles. The Morgan fingerprint density at radius 1 is 0.394 bits per heavy atom. The lowest BCUT2D eigenvalue weighted by Crippen LogP contribution is -2.18. The summed E-state index contributed by atoms with van der Waals surface area (Å²) in [6.45, 7) is 22.2. The highest BCUT2D eigenvalue weighted by atomic mass is 79.9. The first-order valence-corrected chi connectivity index (χ1v) is 32.1. The molecule has 0 fully saturated rings. The number of hydrogen-bond acceptors (Lipinski definition) is 6. The van der Waals surface area contributed by atoms with E-state index in [1.54, 1.807) is 114 Å². The molecule has 0 aliphatic carbocycles. The molecule has 0 atom stereocenters. The summed E-state index contributed by atoms with van der Waals surface area (Å²) in [5, 5.41) is 11.5. The van der Waals surface area contributed by atoms with E-state index in [0.717, 1.165) is 108 Å². The molecule has 0 N–H and O–H groups in total. The number of benzene rings is 6. The van der Waals surface area contributed by atoms with Crippen LogP contribution in [0.4, 0.5) is 0 Å². The Morgan fingerprint density at radius 2 is 0.638 bits per heavy atom. The van der Waals surface area contributed by atoms with Crippen LogP contribution in [0.25, 0.3) is 70.7 Å². The number of pyridine rings is 6. The van der Waals surface area contributed by atoms with Crippen molar-refractivity contribution in [1.82, 2.24) is 27.4 Å². The van der Waals surface area contributed by atoms with E-state index >= 15 is 0 Å². The summed E-state index contributed by atoms with van der Waals surface area (Å²) in [4.78, 5) is 71.1. The zero-order chi connectivity index (χ0) is 70.0. The summed E-state index contributed by atoms with van der Waals surface area (Å²) in [6.07, 6.45) is 10.4. The molecule has 16 heteroatoms. The second-order valence-electron chi connectivity index (χ2n) is 22.0. The Labute approximate surface area is 575 Å². The van der Waals surface area contributed by atoms with Crippen LogP contribution >= 0.6 is 55.1 Å². The molecule has 0 amide bonds. The van der Waals surface area contributed by atoms with Gasteiger partial charge in [0.15, 0.2) is 0 Å². The van der Waals surface area contributed by atoms with E-state index in [1.807, 2.05) is 189 Å². The lowest BCUT2D eigenvalue weighted by Gasteiger charge is -2.06. The molecule has 94 heavy (non-hydrogen) atoms. The van der Waals surface area contributed by atoms with Crippen molar-refractivity contribution < 1.29 is 0 Å². The van der Waals surface area contributed by atoms with Crippen LogP contribution in [0.2, 0.25) is 10.0 Å². The van der Waals surface area contributed by atoms with Crippen molar-refractivity contribution in [3.05, 3.63) is 291 Å². The van der Waals surface area contributed by atoms with Crippen LogP contribution in [0.1, 0.15) is 73.0 Å². The van der Waals surface area contributed by atoms with Gasteiger partial charge in [0.25, 0.3) is 33.4 Å². The minimum Gasteiger partial charge on any atom is -0.315 e. The van der Waals surface area contributed by atoms with Gasteiger partial charge in [0.2, 0.25) is 0 Å². The second kappa shape index (κ2) is 34.6. The molecular weight excluding hydrogens is 1350 g/mol. The van der Waals surface area contributed by atoms with Crippen LogP contribution in [-0.2, 0) is 42.3 Å². The van der Waals surface area contributed by atoms with Crippen molar-refractivity contribution in [1.29, 1.82) is 0 Å². The largest absolute Gasteiger partial charge is 0.315 e. The number of fused-ring (bicyclic) bond motifs is 6. The Bertz CT molecular complexity index is 4950. The highest BCUT2D eigenvalue weighted by Gasteiger charge is 2.09. The van der Waals surface area contributed by atoms with Crippen molar-refractivity contribution in [3.63, 3.8) is 0 Å². The molecule has 484 valence electrons. The van der Waals surface area contributed by atoms with Crippen LogP contribution in [0.3, 0.4) is 0 Å². The molecule has 0 saturated carbocycles. The fraction of sp³-hybridized carbons (Fsp3) is 0.205. The van der Waals surface area contributed by atoms with Crippen LogP contribution in [-0.4, -0.2) is 27.4 Å². The van der Waals surface area contributed by atoms with E-state index in [0.29, 0.717) is 20.8 Å². The van der Waals surface area contributed by atoms with Crippen molar-refractivity contribution >= 4 is 126 Å². The lowest BCUT2D eigenvalue weighted by atomic mass is 10.1. The van der Waals surface area contributed by atoms with Gasteiger partial charge in [0.05, 0.1) is 0 Å². The normalized spacial score (nSPS) is 10.3. The SMILES string of the molecule is C#CC.C/C=C/c1ccc2c(=O)n(C)c(C)cc2c1.C=CC.CC#Cc1ccc2c(=O)n(C)c(C)cc2c1.Cc1cc2cc(Br)ccc2c(=O)n1C.Cc1cc2cc(Br)ccc2c(=O)n1C.Cc1cc2cc(Cl)ccc2c(=O)n1C.Cc1cc2cc(Cl)ccc2c(=O)n1C. The third kappa shape index (κ3) is 19.0. The maximum absolute atomic E-state index is 12.0. The van der Waals surface area contributed by atoms with Gasteiger partial charge in [0, 0.05) is 133 Å². The highest BCUT2D eigenvalue weighted by Crippen LogP contribution is 2.22. The number of aromatic nitrogens is 6. The molecular formula is C78H78Br2Cl2N6O6. The maximum atomic E-state index is 12.0. The number of nitrogens with zero attached hydrogens (tertiary/aromatic N) is 6. The maximum Gasteiger partial charge on any atom is 0.258 e. The quantitative estimate of drug-likeness (QED) is 0.119. The molecule has 0 unspecified atom stereocenters. The Kier molecular flexibility index (Phi) is 27.7. The molecule has 0 radical (unpaired) electrons. The van der Waals surface area contributed by atoms with Gasteiger partial charge in [-0.05, 0) is 247 Å². The number of rotatable bonds is 1. The molecule has 0 aliphatic rings. The molecule has 0 saturated heterocycles. The van der Waals surface area contributed by atoms with Gasteiger partial charge in [-0.1, -0.05) is 85.3 Å². The first-order chi connectivity index (χ1) is 44.5. The number of hydrogen-bond donors (Lipinski definition) is 0.